The molecule has 1 aliphatic rings. The summed E-state index contributed by atoms with van der Waals surface area (Å²) in [5.41, 5.74) is 7.58. The summed E-state index contributed by atoms with van der Waals surface area (Å²) in [4.78, 5) is 0. The highest BCUT2D eigenvalue weighted by molar-refractivity contribution is 9.11. The van der Waals surface area contributed by atoms with Crippen molar-refractivity contribution in [3.05, 3.63) is 55.5 Å². The molecule has 0 unspecified atom stereocenters. The summed E-state index contributed by atoms with van der Waals surface area (Å²) in [5.74, 6) is 0. The molecule has 0 aromatic heterocycles. The van der Waals surface area contributed by atoms with Crippen molar-refractivity contribution in [2.24, 2.45) is 0 Å². The number of hydrogen-bond donors (Lipinski definition) is 1. The summed E-state index contributed by atoms with van der Waals surface area (Å²) in [6.07, 6.45) is 0. The zero-order valence-electron chi connectivity index (χ0n) is 12.1. The standard InChI is InChI=1S/C17H17Br2N/c1-9-5-11-15(13(18)7-9)20-16-12(17(11,3)4)6-10(2)8-14(16)19/h5-8,20H,1-4H3. The maximum absolute atomic E-state index is 3.70. The first-order valence-corrected chi connectivity index (χ1v) is 8.27. The second-order valence-corrected chi connectivity index (χ2v) is 7.80. The van der Waals surface area contributed by atoms with Crippen LogP contribution in [0.2, 0.25) is 0 Å². The second-order valence-electron chi connectivity index (χ2n) is 6.09. The molecule has 0 saturated carbocycles. The molecule has 2 aromatic carbocycles. The van der Waals surface area contributed by atoms with Crippen molar-refractivity contribution in [2.45, 2.75) is 33.1 Å². The molecule has 1 aliphatic heterocycles. The third-order valence-corrected chi connectivity index (χ3v) is 5.32. The molecule has 0 atom stereocenters. The highest BCUT2D eigenvalue weighted by Gasteiger charge is 2.34. The summed E-state index contributed by atoms with van der Waals surface area (Å²) >= 11 is 7.40. The third-order valence-electron chi connectivity index (χ3n) is 4.07. The van der Waals surface area contributed by atoms with Gasteiger partial charge in [-0.25, -0.2) is 0 Å². The van der Waals surface area contributed by atoms with E-state index in [1.807, 2.05) is 0 Å². The Labute approximate surface area is 137 Å². The molecule has 1 N–H and O–H groups in total. The molecule has 2 aromatic rings. The number of fused-ring (bicyclic) bond motifs is 2. The lowest BCUT2D eigenvalue weighted by atomic mass is 9.73. The van der Waals surface area contributed by atoms with Gasteiger partial charge in [-0.2, -0.15) is 0 Å². The molecular weight excluding hydrogens is 378 g/mol. The summed E-state index contributed by atoms with van der Waals surface area (Å²) in [7, 11) is 0. The molecule has 0 saturated heterocycles. The molecular formula is C17H17Br2N. The van der Waals surface area contributed by atoms with Crippen LogP contribution in [0.15, 0.2) is 33.2 Å². The number of benzene rings is 2. The van der Waals surface area contributed by atoms with Gasteiger partial charge in [0, 0.05) is 14.4 Å². The van der Waals surface area contributed by atoms with E-state index in [2.05, 4.69) is 89.1 Å². The van der Waals surface area contributed by atoms with Gasteiger partial charge in [0.25, 0.3) is 0 Å². The van der Waals surface area contributed by atoms with Gasteiger partial charge in [-0.3, -0.25) is 0 Å². The van der Waals surface area contributed by atoms with Gasteiger partial charge in [0.2, 0.25) is 0 Å². The van der Waals surface area contributed by atoms with Gasteiger partial charge >= 0.3 is 0 Å². The lowest BCUT2D eigenvalue weighted by molar-refractivity contribution is 0.635. The molecule has 0 aliphatic carbocycles. The molecule has 0 spiro atoms. The van der Waals surface area contributed by atoms with Crippen molar-refractivity contribution in [2.75, 3.05) is 5.32 Å². The first kappa shape index (κ1) is 14.2. The fourth-order valence-electron chi connectivity index (χ4n) is 2.99. The van der Waals surface area contributed by atoms with Gasteiger partial charge in [-0.1, -0.05) is 26.0 Å². The normalized spacial score (nSPS) is 15.3. The van der Waals surface area contributed by atoms with Crippen molar-refractivity contribution >= 4 is 43.2 Å². The monoisotopic (exact) mass is 393 g/mol. The van der Waals surface area contributed by atoms with Crippen LogP contribution in [0.5, 0.6) is 0 Å². The van der Waals surface area contributed by atoms with E-state index < -0.39 is 0 Å². The minimum Gasteiger partial charge on any atom is -0.353 e. The first-order chi connectivity index (χ1) is 9.30. The number of rotatable bonds is 0. The highest BCUT2D eigenvalue weighted by atomic mass is 79.9. The largest absolute Gasteiger partial charge is 0.353 e. The predicted molar refractivity (Wildman–Crippen MR) is 93.2 cm³/mol. The Morgan fingerprint density at radius 1 is 0.800 bits per heavy atom. The van der Waals surface area contributed by atoms with Crippen LogP contribution in [-0.2, 0) is 5.41 Å². The van der Waals surface area contributed by atoms with Crippen molar-refractivity contribution in [3.8, 4) is 0 Å². The maximum Gasteiger partial charge on any atom is 0.0570 e. The Bertz CT molecular complexity index is 658. The van der Waals surface area contributed by atoms with Crippen LogP contribution in [0.1, 0.15) is 36.1 Å². The fraction of sp³-hybridized carbons (Fsp3) is 0.294. The van der Waals surface area contributed by atoms with E-state index in [0.29, 0.717) is 0 Å². The lowest BCUT2D eigenvalue weighted by Crippen LogP contribution is -2.26. The van der Waals surface area contributed by atoms with E-state index in [-0.39, 0.29) is 5.41 Å². The van der Waals surface area contributed by atoms with Crippen LogP contribution < -0.4 is 5.32 Å². The highest BCUT2D eigenvalue weighted by Crippen LogP contribution is 2.50. The van der Waals surface area contributed by atoms with E-state index in [1.54, 1.807) is 0 Å². The Morgan fingerprint density at radius 3 is 1.60 bits per heavy atom. The van der Waals surface area contributed by atoms with Crippen molar-refractivity contribution in [1.29, 1.82) is 0 Å². The SMILES string of the molecule is Cc1cc(Br)c2c(c1)C(C)(C)c1cc(C)cc(Br)c1N2. The van der Waals surface area contributed by atoms with Gasteiger partial charge in [-0.05, 0) is 80.1 Å². The van der Waals surface area contributed by atoms with E-state index in [4.69, 9.17) is 0 Å². The molecule has 1 heterocycles. The summed E-state index contributed by atoms with van der Waals surface area (Å²) in [6, 6.07) is 8.89. The number of aryl methyl sites for hydroxylation is 2. The van der Waals surface area contributed by atoms with Gasteiger partial charge in [0.15, 0.2) is 0 Å². The second kappa shape index (κ2) is 4.60. The molecule has 3 heteroatoms. The van der Waals surface area contributed by atoms with E-state index >= 15 is 0 Å². The van der Waals surface area contributed by atoms with Crippen LogP contribution in [-0.4, -0.2) is 0 Å². The average molecular weight is 395 g/mol. The fourth-order valence-corrected chi connectivity index (χ4v) is 4.34. The van der Waals surface area contributed by atoms with Gasteiger partial charge in [0.1, 0.15) is 0 Å². The third kappa shape index (κ3) is 2.03. The number of halogens is 2. The maximum atomic E-state index is 3.70. The van der Waals surface area contributed by atoms with E-state index in [9.17, 15) is 0 Å². The lowest BCUT2D eigenvalue weighted by Gasteiger charge is -2.37. The number of anilines is 2. The van der Waals surface area contributed by atoms with Crippen molar-refractivity contribution < 1.29 is 0 Å². The average Bonchev–Trinajstić information content (AvgIpc) is 2.32. The Balaban J connectivity index is 2.34. The van der Waals surface area contributed by atoms with Gasteiger partial charge < -0.3 is 5.32 Å². The topological polar surface area (TPSA) is 12.0 Å². The van der Waals surface area contributed by atoms with Crippen molar-refractivity contribution in [1.82, 2.24) is 0 Å². The Morgan fingerprint density at radius 2 is 1.20 bits per heavy atom. The van der Waals surface area contributed by atoms with E-state index in [1.165, 1.54) is 33.6 Å². The van der Waals surface area contributed by atoms with Gasteiger partial charge in [0.05, 0.1) is 11.4 Å². The Hall–Kier alpha value is -0.800. The smallest absolute Gasteiger partial charge is 0.0570 e. The van der Waals surface area contributed by atoms with Gasteiger partial charge in [-0.15, -0.1) is 0 Å². The molecule has 0 fully saturated rings. The quantitative estimate of drug-likeness (QED) is 0.559. The molecule has 3 rings (SSSR count). The molecule has 0 amide bonds. The number of hydrogen-bond acceptors (Lipinski definition) is 1. The molecule has 0 bridgehead atoms. The molecule has 20 heavy (non-hydrogen) atoms. The minimum absolute atomic E-state index is 0.0149. The predicted octanol–water partition coefficient (Wildman–Crippen LogP) is 6.21. The minimum atomic E-state index is -0.0149. The van der Waals surface area contributed by atoms with Crippen LogP contribution in [0.3, 0.4) is 0 Å². The summed E-state index contributed by atoms with van der Waals surface area (Å²) < 4.78 is 2.25. The van der Waals surface area contributed by atoms with Crippen molar-refractivity contribution in [3.63, 3.8) is 0 Å². The van der Waals surface area contributed by atoms with Crippen LogP contribution in [0.4, 0.5) is 11.4 Å². The zero-order chi connectivity index (χ0) is 14.7. The summed E-state index contributed by atoms with van der Waals surface area (Å²) in [5, 5.41) is 3.59. The van der Waals surface area contributed by atoms with Crippen LogP contribution in [0.25, 0.3) is 0 Å². The zero-order valence-corrected chi connectivity index (χ0v) is 15.2. The molecule has 1 nitrogen and oxygen atoms in total. The van der Waals surface area contributed by atoms with Crippen LogP contribution >= 0.6 is 31.9 Å². The molecule has 0 radical (unpaired) electrons. The first-order valence-electron chi connectivity index (χ1n) is 6.69. The van der Waals surface area contributed by atoms with Crippen LogP contribution in [0, 0.1) is 13.8 Å². The molecule has 104 valence electrons. The van der Waals surface area contributed by atoms with E-state index in [0.717, 1.165) is 8.95 Å². The number of nitrogens with one attached hydrogen (secondary N) is 1. The summed E-state index contributed by atoms with van der Waals surface area (Å²) in [6.45, 7) is 8.87. The Kier molecular flexibility index (Phi) is 3.26.